The van der Waals surface area contributed by atoms with Gasteiger partial charge in [-0.25, -0.2) is 0 Å². The van der Waals surface area contributed by atoms with E-state index in [9.17, 15) is 9.59 Å². The van der Waals surface area contributed by atoms with E-state index in [0.717, 1.165) is 22.0 Å². The molecule has 0 fully saturated rings. The van der Waals surface area contributed by atoms with Crippen molar-refractivity contribution >= 4 is 50.0 Å². The normalized spacial score (nSPS) is 13.3. The van der Waals surface area contributed by atoms with Crippen LogP contribution in [0.15, 0.2) is 64.5 Å². The van der Waals surface area contributed by atoms with Crippen molar-refractivity contribution < 1.29 is 9.59 Å². The molecule has 0 bridgehead atoms. The summed E-state index contributed by atoms with van der Waals surface area (Å²) in [5.41, 5.74) is 5.13. The first kappa shape index (κ1) is 20.0. The zero-order valence-electron chi connectivity index (χ0n) is 16.7. The molecule has 1 aliphatic heterocycles. The third-order valence-electron chi connectivity index (χ3n) is 5.65. The van der Waals surface area contributed by atoms with Crippen LogP contribution in [0.25, 0.3) is 10.9 Å². The van der Waals surface area contributed by atoms with Crippen molar-refractivity contribution in [3.05, 3.63) is 91.7 Å². The quantitative estimate of drug-likeness (QED) is 0.414. The Morgan fingerprint density at radius 2 is 1.94 bits per heavy atom. The molecular weight excluding hydrogens is 474 g/mol. The molecule has 3 heterocycles. The van der Waals surface area contributed by atoms with Crippen molar-refractivity contribution in [2.75, 3.05) is 6.54 Å². The lowest BCUT2D eigenvalue weighted by Crippen LogP contribution is -2.35. The molecule has 5 rings (SSSR count). The molecule has 7 heteroatoms. The van der Waals surface area contributed by atoms with Gasteiger partial charge in [0.2, 0.25) is 0 Å². The van der Waals surface area contributed by atoms with E-state index in [1.165, 1.54) is 28.0 Å². The lowest BCUT2D eigenvalue weighted by molar-refractivity contribution is 0.0734. The first-order valence-electron chi connectivity index (χ1n) is 10.1. The molecule has 2 aromatic heterocycles. The number of carbonyl (C=O) groups is 2. The monoisotopic (exact) mass is 493 g/mol. The van der Waals surface area contributed by atoms with Crippen molar-refractivity contribution in [3.63, 3.8) is 0 Å². The summed E-state index contributed by atoms with van der Waals surface area (Å²) in [5.74, 6) is -0.0474. The van der Waals surface area contributed by atoms with E-state index >= 15 is 0 Å². The van der Waals surface area contributed by atoms with Crippen molar-refractivity contribution in [3.8, 4) is 0 Å². The molecule has 1 aliphatic rings. The van der Waals surface area contributed by atoms with Gasteiger partial charge in [-0.2, -0.15) is 0 Å². The standard InChI is InChI=1S/C24H20BrN3O2S/c25-19-4-1-3-17-18-14-28(11-10-20(18)27-22(17)19)24(30)16-8-6-15(7-9-16)13-26-23(29)21-5-2-12-31-21/h1-9,12,27H,10-11,13-14H2,(H,26,29). The van der Waals surface area contributed by atoms with E-state index in [4.69, 9.17) is 0 Å². The average Bonchev–Trinajstić information content (AvgIpc) is 3.46. The fourth-order valence-corrected chi connectivity index (χ4v) is 5.11. The van der Waals surface area contributed by atoms with Crippen LogP contribution in [0.3, 0.4) is 0 Å². The Labute approximate surface area is 192 Å². The number of thiophene rings is 1. The molecule has 156 valence electrons. The summed E-state index contributed by atoms with van der Waals surface area (Å²) in [6.45, 7) is 1.72. The minimum Gasteiger partial charge on any atom is -0.357 e. The highest BCUT2D eigenvalue weighted by Gasteiger charge is 2.25. The van der Waals surface area contributed by atoms with Crippen molar-refractivity contribution in [1.82, 2.24) is 15.2 Å². The minimum atomic E-state index is -0.0790. The van der Waals surface area contributed by atoms with E-state index in [1.54, 1.807) is 6.07 Å². The summed E-state index contributed by atoms with van der Waals surface area (Å²) < 4.78 is 1.04. The van der Waals surface area contributed by atoms with Gasteiger partial charge in [-0.1, -0.05) is 30.3 Å². The van der Waals surface area contributed by atoms with Crippen molar-refractivity contribution in [1.29, 1.82) is 0 Å². The predicted molar refractivity (Wildman–Crippen MR) is 126 cm³/mol. The fourth-order valence-electron chi connectivity index (χ4n) is 4.00. The number of H-pyrrole nitrogens is 1. The molecular formula is C24H20BrN3O2S. The largest absolute Gasteiger partial charge is 0.357 e. The van der Waals surface area contributed by atoms with E-state index in [2.05, 4.69) is 32.3 Å². The summed E-state index contributed by atoms with van der Waals surface area (Å²) >= 11 is 5.02. The van der Waals surface area contributed by atoms with E-state index in [0.29, 0.717) is 30.1 Å². The molecule has 0 saturated heterocycles. The second-order valence-electron chi connectivity index (χ2n) is 7.58. The van der Waals surface area contributed by atoms with Gasteiger partial charge in [0.15, 0.2) is 0 Å². The van der Waals surface area contributed by atoms with Gasteiger partial charge in [-0.05, 0) is 51.1 Å². The Balaban J connectivity index is 1.27. The molecule has 0 atom stereocenters. The number of nitrogens with zero attached hydrogens (tertiary/aromatic N) is 1. The highest BCUT2D eigenvalue weighted by atomic mass is 79.9. The Morgan fingerprint density at radius 3 is 2.71 bits per heavy atom. The highest BCUT2D eigenvalue weighted by Crippen LogP contribution is 2.32. The van der Waals surface area contributed by atoms with E-state index < -0.39 is 0 Å². The van der Waals surface area contributed by atoms with Crippen molar-refractivity contribution in [2.24, 2.45) is 0 Å². The Morgan fingerprint density at radius 1 is 1.10 bits per heavy atom. The Hall–Kier alpha value is -2.90. The molecule has 0 saturated carbocycles. The maximum atomic E-state index is 13.1. The van der Waals surface area contributed by atoms with Crippen LogP contribution in [-0.4, -0.2) is 28.2 Å². The molecule has 0 radical (unpaired) electrons. The number of hydrogen-bond acceptors (Lipinski definition) is 3. The smallest absolute Gasteiger partial charge is 0.261 e. The third kappa shape index (κ3) is 3.91. The van der Waals surface area contributed by atoms with Crippen LogP contribution in [0.5, 0.6) is 0 Å². The lowest BCUT2D eigenvalue weighted by Gasteiger charge is -2.27. The van der Waals surface area contributed by atoms with Gasteiger partial charge in [-0.3, -0.25) is 9.59 Å². The van der Waals surface area contributed by atoms with Crippen LogP contribution >= 0.6 is 27.3 Å². The number of nitrogens with one attached hydrogen (secondary N) is 2. The summed E-state index contributed by atoms with van der Waals surface area (Å²) in [7, 11) is 0. The second kappa shape index (κ2) is 8.32. The summed E-state index contributed by atoms with van der Waals surface area (Å²) in [6.07, 6.45) is 0.815. The molecule has 0 unspecified atom stereocenters. The van der Waals surface area contributed by atoms with Crippen LogP contribution < -0.4 is 5.32 Å². The molecule has 2 amide bonds. The van der Waals surface area contributed by atoms with Crippen LogP contribution in [0.2, 0.25) is 0 Å². The number of carbonyl (C=O) groups excluding carboxylic acids is 2. The number of fused-ring (bicyclic) bond motifs is 3. The molecule has 5 nitrogen and oxygen atoms in total. The van der Waals surface area contributed by atoms with Gasteiger partial charge in [-0.15, -0.1) is 11.3 Å². The third-order valence-corrected chi connectivity index (χ3v) is 7.18. The molecule has 0 aliphatic carbocycles. The number of halogens is 1. The molecule has 0 spiro atoms. The van der Waals surface area contributed by atoms with Gasteiger partial charge in [0, 0.05) is 52.7 Å². The van der Waals surface area contributed by atoms with Crippen LogP contribution in [0.4, 0.5) is 0 Å². The molecule has 2 aromatic carbocycles. The van der Waals surface area contributed by atoms with Crippen LogP contribution in [0, 0.1) is 0 Å². The number of hydrogen-bond donors (Lipinski definition) is 2. The Kier molecular flexibility index (Phi) is 5.38. The Bertz CT molecular complexity index is 1260. The van der Waals surface area contributed by atoms with Gasteiger partial charge in [0.1, 0.15) is 0 Å². The van der Waals surface area contributed by atoms with Gasteiger partial charge in [0.05, 0.1) is 10.4 Å². The number of aromatic nitrogens is 1. The van der Waals surface area contributed by atoms with Crippen molar-refractivity contribution in [2.45, 2.75) is 19.5 Å². The van der Waals surface area contributed by atoms with Crippen LogP contribution in [0.1, 0.15) is 36.9 Å². The zero-order chi connectivity index (χ0) is 21.4. The predicted octanol–water partition coefficient (Wildman–Crippen LogP) is 5.12. The SMILES string of the molecule is O=C(NCc1ccc(C(=O)N2CCc3[nH]c4c(Br)cccc4c3C2)cc1)c1cccs1. The van der Waals surface area contributed by atoms with E-state index in [-0.39, 0.29) is 11.8 Å². The maximum Gasteiger partial charge on any atom is 0.261 e. The fraction of sp³-hybridized carbons (Fsp3) is 0.167. The molecule has 31 heavy (non-hydrogen) atoms. The number of aromatic amines is 1. The van der Waals surface area contributed by atoms with Crippen LogP contribution in [-0.2, 0) is 19.5 Å². The highest BCUT2D eigenvalue weighted by molar-refractivity contribution is 9.10. The minimum absolute atomic E-state index is 0.0316. The number of amides is 2. The zero-order valence-corrected chi connectivity index (χ0v) is 19.1. The number of para-hydroxylation sites is 1. The topological polar surface area (TPSA) is 65.2 Å². The number of benzene rings is 2. The summed E-state index contributed by atoms with van der Waals surface area (Å²) in [6, 6.07) is 17.3. The molecule has 2 N–H and O–H groups in total. The first-order chi connectivity index (χ1) is 15.1. The average molecular weight is 494 g/mol. The van der Waals surface area contributed by atoms with E-state index in [1.807, 2.05) is 52.7 Å². The molecule has 4 aromatic rings. The first-order valence-corrected chi connectivity index (χ1v) is 11.8. The van der Waals surface area contributed by atoms with Gasteiger partial charge in [0.25, 0.3) is 11.8 Å². The lowest BCUT2D eigenvalue weighted by atomic mass is 10.0. The summed E-state index contributed by atoms with van der Waals surface area (Å²) in [4.78, 5) is 31.3. The maximum absolute atomic E-state index is 13.1. The van der Waals surface area contributed by atoms with Gasteiger partial charge >= 0.3 is 0 Å². The van der Waals surface area contributed by atoms with Gasteiger partial charge < -0.3 is 15.2 Å². The summed E-state index contributed by atoms with van der Waals surface area (Å²) in [5, 5.41) is 5.96. The second-order valence-corrected chi connectivity index (χ2v) is 9.38. The number of rotatable bonds is 4.